The molecule has 0 bridgehead atoms. The molecular formula is C21H22BrN3O3S. The van der Waals surface area contributed by atoms with Crippen molar-refractivity contribution in [3.8, 4) is 0 Å². The first-order valence-corrected chi connectivity index (χ1v) is 12.1. The van der Waals surface area contributed by atoms with Crippen LogP contribution in [-0.2, 0) is 21.1 Å². The number of fused-ring (bicyclic) bond motifs is 1. The van der Waals surface area contributed by atoms with E-state index in [-0.39, 0.29) is 17.4 Å². The second-order valence-electron chi connectivity index (χ2n) is 7.27. The number of nitrogens with one attached hydrogen (secondary N) is 2. The molecule has 29 heavy (non-hydrogen) atoms. The fourth-order valence-electron chi connectivity index (χ4n) is 3.73. The van der Waals surface area contributed by atoms with Crippen LogP contribution < -0.4 is 5.32 Å². The first kappa shape index (κ1) is 20.1. The van der Waals surface area contributed by atoms with Crippen molar-refractivity contribution in [3.63, 3.8) is 0 Å². The number of carbonyl (C=O) groups is 1. The highest BCUT2D eigenvalue weighted by molar-refractivity contribution is 9.10. The van der Waals surface area contributed by atoms with Gasteiger partial charge >= 0.3 is 0 Å². The summed E-state index contributed by atoms with van der Waals surface area (Å²) in [6.45, 7) is 0.725. The third-order valence-corrected chi connectivity index (χ3v) is 7.41. The maximum absolute atomic E-state index is 13.2. The van der Waals surface area contributed by atoms with E-state index in [4.69, 9.17) is 0 Å². The van der Waals surface area contributed by atoms with E-state index in [1.165, 1.54) is 0 Å². The van der Waals surface area contributed by atoms with E-state index in [1.807, 2.05) is 59.6 Å². The van der Waals surface area contributed by atoms with E-state index in [2.05, 4.69) is 26.2 Å². The van der Waals surface area contributed by atoms with Gasteiger partial charge in [-0.25, -0.2) is 8.42 Å². The molecule has 2 aromatic carbocycles. The molecule has 2 N–H and O–H groups in total. The molecule has 1 amide bonds. The van der Waals surface area contributed by atoms with Crippen LogP contribution in [0.1, 0.15) is 5.56 Å². The zero-order valence-corrected chi connectivity index (χ0v) is 18.2. The molecule has 152 valence electrons. The van der Waals surface area contributed by atoms with Gasteiger partial charge in [0.15, 0.2) is 9.84 Å². The lowest BCUT2D eigenvalue weighted by Crippen LogP contribution is -2.51. The van der Waals surface area contributed by atoms with Gasteiger partial charge < -0.3 is 10.3 Å². The van der Waals surface area contributed by atoms with E-state index in [0.717, 1.165) is 20.9 Å². The Morgan fingerprint density at radius 1 is 1.14 bits per heavy atom. The van der Waals surface area contributed by atoms with Gasteiger partial charge in [0.05, 0.1) is 17.5 Å². The molecule has 0 spiro atoms. The minimum absolute atomic E-state index is 0.0849. The van der Waals surface area contributed by atoms with Crippen LogP contribution in [0, 0.1) is 0 Å². The summed E-state index contributed by atoms with van der Waals surface area (Å²) in [5.74, 6) is 0.0380. The van der Waals surface area contributed by atoms with Crippen LogP contribution in [0.25, 0.3) is 10.9 Å². The van der Waals surface area contributed by atoms with Gasteiger partial charge in [-0.2, -0.15) is 0 Å². The van der Waals surface area contributed by atoms with Gasteiger partial charge in [0.1, 0.15) is 0 Å². The molecule has 1 atom stereocenters. The second-order valence-corrected chi connectivity index (χ2v) is 10.5. The van der Waals surface area contributed by atoms with Gasteiger partial charge in [-0.05, 0) is 36.2 Å². The number of aromatic nitrogens is 1. The lowest BCUT2D eigenvalue weighted by Gasteiger charge is -2.33. The number of halogens is 1. The van der Waals surface area contributed by atoms with E-state index >= 15 is 0 Å². The van der Waals surface area contributed by atoms with Crippen molar-refractivity contribution in [2.45, 2.75) is 12.5 Å². The number of anilines is 1. The van der Waals surface area contributed by atoms with Crippen LogP contribution in [0.2, 0.25) is 0 Å². The van der Waals surface area contributed by atoms with Gasteiger partial charge in [-0.3, -0.25) is 9.69 Å². The molecule has 6 nitrogen and oxygen atoms in total. The summed E-state index contributed by atoms with van der Waals surface area (Å²) in [7, 11) is -3.02. The molecule has 2 heterocycles. The molecule has 0 saturated carbocycles. The number of para-hydroxylation sites is 1. The zero-order chi connectivity index (χ0) is 20.4. The maximum atomic E-state index is 13.2. The van der Waals surface area contributed by atoms with Crippen molar-refractivity contribution in [2.75, 3.05) is 29.9 Å². The van der Waals surface area contributed by atoms with Crippen molar-refractivity contribution < 1.29 is 13.2 Å². The summed E-state index contributed by atoms with van der Waals surface area (Å²) < 4.78 is 24.6. The average Bonchev–Trinajstić information content (AvgIpc) is 3.09. The van der Waals surface area contributed by atoms with Crippen molar-refractivity contribution in [2.24, 2.45) is 0 Å². The Bertz CT molecular complexity index is 1130. The molecular weight excluding hydrogens is 454 g/mol. The SMILES string of the molecule is O=C(Nc1cccc(Br)c1)[C@@H](Cc1c[nH]c2ccccc12)N1CCS(=O)(=O)CC1. The number of aromatic amines is 1. The van der Waals surface area contributed by atoms with Crippen molar-refractivity contribution in [1.82, 2.24) is 9.88 Å². The van der Waals surface area contributed by atoms with Gasteiger partial charge in [0, 0.05) is 40.3 Å². The van der Waals surface area contributed by atoms with Gasteiger partial charge in [-0.1, -0.05) is 40.2 Å². The topological polar surface area (TPSA) is 82.3 Å². The van der Waals surface area contributed by atoms with Crippen LogP contribution in [0.5, 0.6) is 0 Å². The highest BCUT2D eigenvalue weighted by Gasteiger charge is 2.32. The molecule has 1 aliphatic rings. The monoisotopic (exact) mass is 475 g/mol. The van der Waals surface area contributed by atoms with E-state index in [1.54, 1.807) is 0 Å². The quantitative estimate of drug-likeness (QED) is 0.593. The summed E-state index contributed by atoms with van der Waals surface area (Å²) in [5.41, 5.74) is 2.77. The Hall–Kier alpha value is -2.16. The number of rotatable bonds is 5. The third kappa shape index (κ3) is 4.71. The molecule has 3 aromatic rings. The van der Waals surface area contributed by atoms with Crippen LogP contribution >= 0.6 is 15.9 Å². The molecule has 1 saturated heterocycles. The molecule has 0 aliphatic carbocycles. The van der Waals surface area contributed by atoms with Crippen LogP contribution in [0.15, 0.2) is 59.2 Å². The Morgan fingerprint density at radius 2 is 1.90 bits per heavy atom. The highest BCUT2D eigenvalue weighted by Crippen LogP contribution is 2.23. The maximum Gasteiger partial charge on any atom is 0.242 e. The fourth-order valence-corrected chi connectivity index (χ4v) is 5.36. The van der Waals surface area contributed by atoms with Crippen molar-refractivity contribution in [3.05, 3.63) is 64.8 Å². The predicted molar refractivity (Wildman–Crippen MR) is 119 cm³/mol. The first-order chi connectivity index (χ1) is 13.9. The summed E-state index contributed by atoms with van der Waals surface area (Å²) in [4.78, 5) is 18.5. The van der Waals surface area contributed by atoms with E-state index in [9.17, 15) is 13.2 Å². The average molecular weight is 476 g/mol. The number of hydrogen-bond acceptors (Lipinski definition) is 4. The lowest BCUT2D eigenvalue weighted by atomic mass is 10.0. The Morgan fingerprint density at radius 3 is 2.66 bits per heavy atom. The number of nitrogens with zero attached hydrogens (tertiary/aromatic N) is 1. The van der Waals surface area contributed by atoms with E-state index < -0.39 is 15.9 Å². The molecule has 1 aliphatic heterocycles. The summed E-state index contributed by atoms with van der Waals surface area (Å²) >= 11 is 3.42. The highest BCUT2D eigenvalue weighted by atomic mass is 79.9. The Balaban J connectivity index is 1.60. The number of carbonyl (C=O) groups excluding carboxylic acids is 1. The standard InChI is InChI=1S/C21H22BrN3O3S/c22-16-4-3-5-17(13-16)24-21(26)20(25-8-10-29(27,28)11-9-25)12-15-14-23-19-7-2-1-6-18(15)19/h1-7,13-14,20,23H,8-12H2,(H,24,26)/t20-/m1/s1. The number of hydrogen-bond donors (Lipinski definition) is 2. The molecule has 0 unspecified atom stereocenters. The minimum Gasteiger partial charge on any atom is -0.361 e. The molecule has 1 fully saturated rings. The summed E-state index contributed by atoms with van der Waals surface area (Å²) in [6.07, 6.45) is 2.44. The second kappa shape index (κ2) is 8.30. The number of H-pyrrole nitrogens is 1. The van der Waals surface area contributed by atoms with Crippen LogP contribution in [0.3, 0.4) is 0 Å². The van der Waals surface area contributed by atoms with Gasteiger partial charge in [0.2, 0.25) is 5.91 Å². The zero-order valence-electron chi connectivity index (χ0n) is 15.8. The molecule has 4 rings (SSSR count). The predicted octanol–water partition coefficient (Wildman–Crippen LogP) is 3.21. The summed E-state index contributed by atoms with van der Waals surface area (Å²) in [6, 6.07) is 15.0. The minimum atomic E-state index is -3.02. The van der Waals surface area contributed by atoms with Crippen LogP contribution in [0.4, 0.5) is 5.69 Å². The largest absolute Gasteiger partial charge is 0.361 e. The summed E-state index contributed by atoms with van der Waals surface area (Å²) in [5, 5.41) is 4.07. The van der Waals surface area contributed by atoms with Crippen molar-refractivity contribution in [1.29, 1.82) is 0 Å². The number of benzene rings is 2. The number of sulfone groups is 1. The Labute approximate surface area is 178 Å². The number of amides is 1. The lowest BCUT2D eigenvalue weighted by molar-refractivity contribution is -0.121. The van der Waals surface area contributed by atoms with Crippen molar-refractivity contribution >= 4 is 48.3 Å². The van der Waals surface area contributed by atoms with Gasteiger partial charge in [-0.15, -0.1) is 0 Å². The molecule has 8 heteroatoms. The molecule has 0 radical (unpaired) electrons. The fraction of sp³-hybridized carbons (Fsp3) is 0.286. The van der Waals surface area contributed by atoms with Crippen LogP contribution in [-0.4, -0.2) is 54.8 Å². The Kier molecular flexibility index (Phi) is 5.76. The van der Waals surface area contributed by atoms with Gasteiger partial charge in [0.25, 0.3) is 0 Å². The molecule has 1 aromatic heterocycles. The normalized spacial score (nSPS) is 17.8. The smallest absolute Gasteiger partial charge is 0.242 e. The first-order valence-electron chi connectivity index (χ1n) is 9.47. The van der Waals surface area contributed by atoms with E-state index in [0.29, 0.717) is 25.2 Å². The third-order valence-electron chi connectivity index (χ3n) is 5.30.